The van der Waals surface area contributed by atoms with E-state index in [1.807, 2.05) is 29.6 Å². The Bertz CT molecular complexity index is 663. The highest BCUT2D eigenvalue weighted by Crippen LogP contribution is 2.19. The molecule has 1 aromatic carbocycles. The Balaban J connectivity index is 1.56. The number of rotatable bonds is 6. The number of likely N-dealkylation sites (tertiary alicyclic amines) is 1. The summed E-state index contributed by atoms with van der Waals surface area (Å²) in [5.74, 6) is -0.127. The fraction of sp³-hybridized carbons (Fsp3) is 0.444. The van der Waals surface area contributed by atoms with Crippen molar-refractivity contribution in [3.05, 3.63) is 46.5 Å². The highest BCUT2D eigenvalue weighted by atomic mass is 32.1. The molecular formula is C18H23N3O2S. The van der Waals surface area contributed by atoms with Crippen LogP contribution in [0.2, 0.25) is 0 Å². The number of hydrogen-bond acceptors (Lipinski definition) is 5. The number of nitrogens with one attached hydrogen (secondary N) is 1. The third-order valence-electron chi connectivity index (χ3n) is 4.13. The fourth-order valence-electron chi connectivity index (χ4n) is 2.87. The van der Waals surface area contributed by atoms with Crippen LogP contribution in [0.3, 0.4) is 0 Å². The van der Waals surface area contributed by atoms with E-state index in [-0.39, 0.29) is 5.91 Å². The van der Waals surface area contributed by atoms with Gasteiger partial charge in [0.15, 0.2) is 5.13 Å². The molecule has 1 aliphatic rings. The Hall–Kier alpha value is -1.76. The summed E-state index contributed by atoms with van der Waals surface area (Å²) in [4.78, 5) is 19.3. The first-order chi connectivity index (χ1) is 11.7. The number of thiazole rings is 1. The number of nitrogens with zero attached hydrogens (tertiary/aromatic N) is 2. The molecule has 0 unspecified atom stereocenters. The minimum atomic E-state index is -0.127. The summed E-state index contributed by atoms with van der Waals surface area (Å²) >= 11 is 1.48. The van der Waals surface area contributed by atoms with E-state index in [1.165, 1.54) is 30.6 Å². The molecule has 1 saturated heterocycles. The van der Waals surface area contributed by atoms with Crippen LogP contribution in [-0.2, 0) is 17.9 Å². The molecule has 3 rings (SSSR count). The van der Waals surface area contributed by atoms with Gasteiger partial charge in [0.1, 0.15) is 0 Å². The number of benzene rings is 1. The maximum atomic E-state index is 12.3. The molecule has 24 heavy (non-hydrogen) atoms. The van der Waals surface area contributed by atoms with E-state index >= 15 is 0 Å². The number of ether oxygens (including phenoxy) is 1. The molecule has 0 bridgehead atoms. The number of amides is 1. The number of methoxy groups -OCH3 is 1. The van der Waals surface area contributed by atoms with Crippen LogP contribution in [0.1, 0.15) is 40.9 Å². The van der Waals surface area contributed by atoms with Gasteiger partial charge in [0.25, 0.3) is 5.91 Å². The molecule has 1 aromatic heterocycles. The Morgan fingerprint density at radius 3 is 2.71 bits per heavy atom. The number of carbonyl (C=O) groups excluding carboxylic acids is 1. The first-order valence-electron chi connectivity index (χ1n) is 8.30. The van der Waals surface area contributed by atoms with Crippen molar-refractivity contribution in [1.82, 2.24) is 9.88 Å². The Morgan fingerprint density at radius 2 is 2.00 bits per heavy atom. The van der Waals surface area contributed by atoms with E-state index in [4.69, 9.17) is 4.74 Å². The quantitative estimate of drug-likeness (QED) is 0.870. The molecule has 128 valence electrons. The molecule has 2 heterocycles. The molecule has 1 fully saturated rings. The minimum Gasteiger partial charge on any atom is -0.380 e. The smallest absolute Gasteiger partial charge is 0.257 e. The van der Waals surface area contributed by atoms with Gasteiger partial charge in [0.05, 0.1) is 12.3 Å². The van der Waals surface area contributed by atoms with E-state index in [0.717, 1.165) is 30.9 Å². The van der Waals surface area contributed by atoms with Gasteiger partial charge in [-0.2, -0.15) is 0 Å². The summed E-state index contributed by atoms with van der Waals surface area (Å²) in [6.07, 6.45) is 3.87. The van der Waals surface area contributed by atoms with Crippen LogP contribution in [0.5, 0.6) is 0 Å². The van der Waals surface area contributed by atoms with E-state index < -0.39 is 0 Å². The van der Waals surface area contributed by atoms with Gasteiger partial charge in [0.2, 0.25) is 0 Å². The second-order valence-corrected chi connectivity index (χ2v) is 6.92. The van der Waals surface area contributed by atoms with Crippen LogP contribution in [-0.4, -0.2) is 36.0 Å². The van der Waals surface area contributed by atoms with Crippen LogP contribution in [0.25, 0.3) is 0 Å². The molecule has 5 nitrogen and oxygen atoms in total. The topological polar surface area (TPSA) is 54.5 Å². The molecule has 0 aliphatic carbocycles. The molecule has 1 amide bonds. The van der Waals surface area contributed by atoms with Crippen molar-refractivity contribution >= 4 is 22.4 Å². The number of carbonyl (C=O) groups is 1. The third kappa shape index (κ3) is 4.63. The summed E-state index contributed by atoms with van der Waals surface area (Å²) in [5.41, 5.74) is 2.71. The van der Waals surface area contributed by atoms with Gasteiger partial charge >= 0.3 is 0 Å². The SMILES string of the molecule is COCc1ccc(C(=O)Nc2nc(CN3CCCCC3)cs2)cc1. The average molecular weight is 345 g/mol. The van der Waals surface area contributed by atoms with Crippen molar-refractivity contribution < 1.29 is 9.53 Å². The molecule has 0 atom stereocenters. The van der Waals surface area contributed by atoms with Crippen LogP contribution < -0.4 is 5.32 Å². The predicted molar refractivity (Wildman–Crippen MR) is 96.4 cm³/mol. The first-order valence-corrected chi connectivity index (χ1v) is 9.18. The first kappa shape index (κ1) is 17.1. The summed E-state index contributed by atoms with van der Waals surface area (Å²) in [7, 11) is 1.66. The summed E-state index contributed by atoms with van der Waals surface area (Å²) < 4.78 is 5.08. The normalized spacial score (nSPS) is 15.4. The highest BCUT2D eigenvalue weighted by Gasteiger charge is 2.13. The van der Waals surface area contributed by atoms with Crippen LogP contribution >= 0.6 is 11.3 Å². The highest BCUT2D eigenvalue weighted by molar-refractivity contribution is 7.13. The zero-order valence-corrected chi connectivity index (χ0v) is 14.8. The number of anilines is 1. The molecule has 6 heteroatoms. The summed E-state index contributed by atoms with van der Waals surface area (Å²) in [6.45, 7) is 3.71. The summed E-state index contributed by atoms with van der Waals surface area (Å²) in [6, 6.07) is 7.43. The molecular weight excluding hydrogens is 322 g/mol. The molecule has 2 aromatic rings. The van der Waals surface area contributed by atoms with Gasteiger partial charge in [0, 0.05) is 24.6 Å². The van der Waals surface area contributed by atoms with Gasteiger partial charge < -0.3 is 4.74 Å². The van der Waals surface area contributed by atoms with Crippen LogP contribution in [0.4, 0.5) is 5.13 Å². The predicted octanol–water partition coefficient (Wildman–Crippen LogP) is 3.53. The Kier molecular flexibility index (Phi) is 5.96. The maximum Gasteiger partial charge on any atom is 0.257 e. The third-order valence-corrected chi connectivity index (χ3v) is 4.94. The van der Waals surface area contributed by atoms with Crippen LogP contribution in [0.15, 0.2) is 29.6 Å². The monoisotopic (exact) mass is 345 g/mol. The lowest BCUT2D eigenvalue weighted by atomic mass is 10.1. The van der Waals surface area contributed by atoms with Crippen molar-refractivity contribution in [3.8, 4) is 0 Å². The lowest BCUT2D eigenvalue weighted by molar-refractivity contribution is 0.102. The van der Waals surface area contributed by atoms with Crippen molar-refractivity contribution in [2.24, 2.45) is 0 Å². The Morgan fingerprint density at radius 1 is 1.25 bits per heavy atom. The van der Waals surface area contributed by atoms with Crippen molar-refractivity contribution in [2.75, 3.05) is 25.5 Å². The van der Waals surface area contributed by atoms with E-state index in [1.54, 1.807) is 7.11 Å². The molecule has 0 saturated carbocycles. The number of piperidine rings is 1. The molecule has 1 aliphatic heterocycles. The van der Waals surface area contributed by atoms with Crippen molar-refractivity contribution in [3.63, 3.8) is 0 Å². The zero-order chi connectivity index (χ0) is 16.8. The van der Waals surface area contributed by atoms with Gasteiger partial charge in [-0.05, 0) is 43.6 Å². The second kappa shape index (κ2) is 8.37. The second-order valence-electron chi connectivity index (χ2n) is 6.06. The van der Waals surface area contributed by atoms with Crippen molar-refractivity contribution in [2.45, 2.75) is 32.4 Å². The van der Waals surface area contributed by atoms with Gasteiger partial charge in [-0.15, -0.1) is 11.3 Å². The van der Waals surface area contributed by atoms with Crippen LogP contribution in [0, 0.1) is 0 Å². The fourth-order valence-corrected chi connectivity index (χ4v) is 3.57. The minimum absolute atomic E-state index is 0.127. The van der Waals surface area contributed by atoms with Gasteiger partial charge in [-0.3, -0.25) is 15.0 Å². The van der Waals surface area contributed by atoms with E-state index in [0.29, 0.717) is 17.3 Å². The standard InChI is InChI=1S/C18H23N3O2S/c1-23-12-14-5-7-15(8-6-14)17(22)20-18-19-16(13-24-18)11-21-9-3-2-4-10-21/h5-8,13H,2-4,9-12H2,1H3,(H,19,20,22). The van der Waals surface area contributed by atoms with E-state index in [2.05, 4.69) is 15.2 Å². The lowest BCUT2D eigenvalue weighted by Gasteiger charge is -2.25. The molecule has 1 N–H and O–H groups in total. The molecule has 0 radical (unpaired) electrons. The summed E-state index contributed by atoms with van der Waals surface area (Å²) in [5, 5.41) is 5.58. The zero-order valence-electron chi connectivity index (χ0n) is 14.0. The van der Waals surface area contributed by atoms with E-state index in [9.17, 15) is 4.79 Å². The van der Waals surface area contributed by atoms with Gasteiger partial charge in [-0.1, -0.05) is 18.6 Å². The Labute approximate surface area is 146 Å². The number of hydrogen-bond donors (Lipinski definition) is 1. The average Bonchev–Trinajstić information content (AvgIpc) is 3.03. The maximum absolute atomic E-state index is 12.3. The lowest BCUT2D eigenvalue weighted by Crippen LogP contribution is -2.29. The van der Waals surface area contributed by atoms with Crippen molar-refractivity contribution in [1.29, 1.82) is 0 Å². The molecule has 0 spiro atoms. The largest absolute Gasteiger partial charge is 0.380 e. The van der Waals surface area contributed by atoms with Gasteiger partial charge in [-0.25, -0.2) is 4.98 Å². The number of aromatic nitrogens is 1.